The number of imidazole rings is 1. The number of benzene rings is 1. The Morgan fingerprint density at radius 1 is 1.24 bits per heavy atom. The SMILES string of the molecule is CC(C)c1ccc(-c2nccn2C2CCN(C)C2=O)cc1. The Kier molecular flexibility index (Phi) is 3.53. The van der Waals surface area contributed by atoms with Crippen molar-refractivity contribution in [2.75, 3.05) is 13.6 Å². The molecule has 1 fully saturated rings. The molecule has 1 aromatic heterocycles. The molecule has 1 aliphatic rings. The van der Waals surface area contributed by atoms with E-state index in [2.05, 4.69) is 43.1 Å². The zero-order valence-electron chi connectivity index (χ0n) is 12.8. The summed E-state index contributed by atoms with van der Waals surface area (Å²) in [6.07, 6.45) is 4.54. The first kappa shape index (κ1) is 13.9. The van der Waals surface area contributed by atoms with Gasteiger partial charge in [-0.3, -0.25) is 4.79 Å². The Balaban J connectivity index is 1.94. The lowest BCUT2D eigenvalue weighted by Crippen LogP contribution is -2.24. The van der Waals surface area contributed by atoms with Gasteiger partial charge < -0.3 is 9.47 Å². The minimum atomic E-state index is -0.114. The van der Waals surface area contributed by atoms with Gasteiger partial charge in [0.05, 0.1) is 0 Å². The van der Waals surface area contributed by atoms with E-state index in [9.17, 15) is 4.79 Å². The summed E-state index contributed by atoms with van der Waals surface area (Å²) in [5, 5.41) is 0. The van der Waals surface area contributed by atoms with E-state index < -0.39 is 0 Å². The Labute approximate surface area is 125 Å². The van der Waals surface area contributed by atoms with Crippen LogP contribution in [0, 0.1) is 0 Å². The smallest absolute Gasteiger partial charge is 0.245 e. The van der Waals surface area contributed by atoms with Crippen molar-refractivity contribution < 1.29 is 4.79 Å². The molecule has 0 saturated carbocycles. The maximum atomic E-state index is 12.2. The standard InChI is InChI=1S/C17H21N3O/c1-12(2)13-4-6-14(7-5-13)16-18-9-11-20(16)15-8-10-19(3)17(15)21/h4-7,9,11-12,15H,8,10H2,1-3H3. The molecule has 4 nitrogen and oxygen atoms in total. The summed E-state index contributed by atoms with van der Waals surface area (Å²) in [4.78, 5) is 18.5. The van der Waals surface area contributed by atoms with Crippen molar-refractivity contribution in [3.8, 4) is 11.4 Å². The quantitative estimate of drug-likeness (QED) is 0.868. The third-order valence-corrected chi connectivity index (χ3v) is 4.24. The fraction of sp³-hybridized carbons (Fsp3) is 0.412. The van der Waals surface area contributed by atoms with E-state index in [0.29, 0.717) is 5.92 Å². The molecule has 2 heterocycles. The van der Waals surface area contributed by atoms with Crippen molar-refractivity contribution in [1.29, 1.82) is 0 Å². The Morgan fingerprint density at radius 2 is 1.95 bits per heavy atom. The number of carbonyl (C=O) groups is 1. The van der Waals surface area contributed by atoms with E-state index in [1.807, 2.05) is 17.8 Å². The molecule has 1 amide bonds. The molecular formula is C17H21N3O. The van der Waals surface area contributed by atoms with Gasteiger partial charge in [-0.25, -0.2) is 4.98 Å². The number of aromatic nitrogens is 2. The third kappa shape index (κ3) is 2.46. The minimum absolute atomic E-state index is 0.114. The molecule has 4 heteroatoms. The van der Waals surface area contributed by atoms with E-state index >= 15 is 0 Å². The number of likely N-dealkylation sites (tertiary alicyclic amines) is 1. The van der Waals surface area contributed by atoms with Crippen molar-refractivity contribution in [1.82, 2.24) is 14.5 Å². The van der Waals surface area contributed by atoms with Crippen LogP contribution in [0.1, 0.15) is 37.8 Å². The third-order valence-electron chi connectivity index (χ3n) is 4.24. The second-order valence-corrected chi connectivity index (χ2v) is 6.00. The monoisotopic (exact) mass is 283 g/mol. The van der Waals surface area contributed by atoms with E-state index in [0.717, 1.165) is 24.4 Å². The Hall–Kier alpha value is -2.10. The summed E-state index contributed by atoms with van der Waals surface area (Å²) in [5.74, 6) is 1.57. The van der Waals surface area contributed by atoms with Crippen LogP contribution >= 0.6 is 0 Å². The summed E-state index contributed by atoms with van der Waals surface area (Å²) < 4.78 is 2.01. The Bertz CT molecular complexity index is 642. The summed E-state index contributed by atoms with van der Waals surface area (Å²) in [6, 6.07) is 8.36. The van der Waals surface area contributed by atoms with Crippen molar-refractivity contribution in [3.63, 3.8) is 0 Å². The molecule has 1 aliphatic heterocycles. The second kappa shape index (κ2) is 5.35. The van der Waals surface area contributed by atoms with Gasteiger partial charge in [-0.2, -0.15) is 0 Å². The van der Waals surface area contributed by atoms with E-state index in [1.165, 1.54) is 5.56 Å². The lowest BCUT2D eigenvalue weighted by Gasteiger charge is -2.15. The van der Waals surface area contributed by atoms with Crippen molar-refractivity contribution in [2.24, 2.45) is 0 Å². The molecule has 1 saturated heterocycles. The van der Waals surface area contributed by atoms with Crippen LogP contribution in [0.4, 0.5) is 0 Å². The van der Waals surface area contributed by atoms with Gasteiger partial charge >= 0.3 is 0 Å². The van der Waals surface area contributed by atoms with Crippen molar-refractivity contribution in [3.05, 3.63) is 42.2 Å². The predicted octanol–water partition coefficient (Wildman–Crippen LogP) is 3.08. The molecule has 110 valence electrons. The van der Waals surface area contributed by atoms with Crippen molar-refractivity contribution in [2.45, 2.75) is 32.2 Å². The van der Waals surface area contributed by atoms with Gasteiger partial charge in [0, 0.05) is 31.5 Å². The summed E-state index contributed by atoms with van der Waals surface area (Å²) in [6.45, 7) is 5.18. The first-order valence-electron chi connectivity index (χ1n) is 7.46. The highest BCUT2D eigenvalue weighted by atomic mass is 16.2. The number of hydrogen-bond donors (Lipinski definition) is 0. The summed E-state index contributed by atoms with van der Waals surface area (Å²) in [5.41, 5.74) is 2.38. The highest BCUT2D eigenvalue weighted by Crippen LogP contribution is 2.28. The molecule has 21 heavy (non-hydrogen) atoms. The number of amides is 1. The Morgan fingerprint density at radius 3 is 2.52 bits per heavy atom. The van der Waals surface area contributed by atoms with E-state index in [-0.39, 0.29) is 11.9 Å². The van der Waals surface area contributed by atoms with Crippen LogP contribution < -0.4 is 0 Å². The summed E-state index contributed by atoms with van der Waals surface area (Å²) >= 11 is 0. The maximum absolute atomic E-state index is 12.2. The average Bonchev–Trinajstić information content (AvgIpc) is 3.07. The first-order valence-corrected chi connectivity index (χ1v) is 7.46. The zero-order chi connectivity index (χ0) is 15.0. The minimum Gasteiger partial charge on any atom is -0.344 e. The van der Waals surface area contributed by atoms with Crippen LogP contribution in [-0.2, 0) is 4.79 Å². The van der Waals surface area contributed by atoms with Crippen LogP contribution in [0.5, 0.6) is 0 Å². The number of rotatable bonds is 3. The number of hydrogen-bond acceptors (Lipinski definition) is 2. The van der Waals surface area contributed by atoms with Gasteiger partial charge in [0.15, 0.2) is 0 Å². The molecular weight excluding hydrogens is 262 g/mol. The van der Waals surface area contributed by atoms with Gasteiger partial charge in [0.25, 0.3) is 0 Å². The molecule has 1 atom stereocenters. The largest absolute Gasteiger partial charge is 0.344 e. The van der Waals surface area contributed by atoms with E-state index in [1.54, 1.807) is 11.1 Å². The topological polar surface area (TPSA) is 38.1 Å². The fourth-order valence-electron chi connectivity index (χ4n) is 2.87. The normalized spacial score (nSPS) is 18.8. The highest BCUT2D eigenvalue weighted by molar-refractivity contribution is 5.83. The van der Waals surface area contributed by atoms with Crippen molar-refractivity contribution >= 4 is 5.91 Å². The number of carbonyl (C=O) groups excluding carboxylic acids is 1. The molecule has 1 aromatic carbocycles. The van der Waals surface area contributed by atoms with Gasteiger partial charge in [-0.1, -0.05) is 38.1 Å². The van der Waals surface area contributed by atoms with Gasteiger partial charge in [0.2, 0.25) is 5.91 Å². The fourth-order valence-corrected chi connectivity index (χ4v) is 2.87. The molecule has 3 rings (SSSR count). The maximum Gasteiger partial charge on any atom is 0.245 e. The summed E-state index contributed by atoms with van der Waals surface area (Å²) in [7, 11) is 1.86. The first-order chi connectivity index (χ1) is 10.1. The van der Waals surface area contributed by atoms with Crippen LogP contribution in [0.3, 0.4) is 0 Å². The second-order valence-electron chi connectivity index (χ2n) is 6.00. The van der Waals surface area contributed by atoms with Gasteiger partial charge in [0.1, 0.15) is 11.9 Å². The predicted molar refractivity (Wildman–Crippen MR) is 83.0 cm³/mol. The number of nitrogens with zero attached hydrogens (tertiary/aromatic N) is 3. The van der Waals surface area contributed by atoms with Crippen LogP contribution in [-0.4, -0.2) is 34.0 Å². The number of likely N-dealkylation sites (N-methyl/N-ethyl adjacent to an activating group) is 1. The van der Waals surface area contributed by atoms with Crippen LogP contribution in [0.15, 0.2) is 36.7 Å². The molecule has 0 aliphatic carbocycles. The lowest BCUT2D eigenvalue weighted by atomic mass is 10.0. The lowest BCUT2D eigenvalue weighted by molar-refractivity contribution is -0.129. The molecule has 2 aromatic rings. The van der Waals surface area contributed by atoms with Gasteiger partial charge in [-0.15, -0.1) is 0 Å². The molecule has 1 unspecified atom stereocenters. The van der Waals surface area contributed by atoms with E-state index in [4.69, 9.17) is 0 Å². The molecule has 0 bridgehead atoms. The zero-order valence-corrected chi connectivity index (χ0v) is 12.8. The molecule has 0 N–H and O–H groups in total. The van der Waals surface area contributed by atoms with Crippen LogP contribution in [0.2, 0.25) is 0 Å². The molecule has 0 spiro atoms. The molecule has 0 radical (unpaired) electrons. The average molecular weight is 283 g/mol. The van der Waals surface area contributed by atoms with Crippen LogP contribution in [0.25, 0.3) is 11.4 Å². The highest BCUT2D eigenvalue weighted by Gasteiger charge is 2.31. The van der Waals surface area contributed by atoms with Gasteiger partial charge in [-0.05, 0) is 17.9 Å².